The first-order valence-electron chi connectivity index (χ1n) is 5.25. The molecule has 0 aliphatic heterocycles. The van der Waals surface area contributed by atoms with Crippen molar-refractivity contribution in [3.63, 3.8) is 0 Å². The van der Waals surface area contributed by atoms with Gasteiger partial charge in [0.2, 0.25) is 0 Å². The van der Waals surface area contributed by atoms with E-state index in [1.54, 1.807) is 19.4 Å². The van der Waals surface area contributed by atoms with Gasteiger partial charge in [0.25, 0.3) is 0 Å². The fraction of sp³-hybridized carbons (Fsp3) is 0.545. The molecule has 0 spiro atoms. The molecule has 1 heterocycles. The predicted molar refractivity (Wildman–Crippen MR) is 59.9 cm³/mol. The maximum atomic E-state index is 13.5. The summed E-state index contributed by atoms with van der Waals surface area (Å²) in [5.41, 5.74) is 3.19. The van der Waals surface area contributed by atoms with Crippen LogP contribution in [0.2, 0.25) is 0 Å². The monoisotopic (exact) mass is 227 g/mol. The molecule has 4 nitrogen and oxygen atoms in total. The molecule has 0 bridgehead atoms. The number of nitrogens with zero attached hydrogens (tertiary/aromatic N) is 1. The van der Waals surface area contributed by atoms with Crippen LogP contribution in [0.15, 0.2) is 18.5 Å². The number of rotatable bonds is 6. The van der Waals surface area contributed by atoms with Crippen molar-refractivity contribution in [1.29, 1.82) is 0 Å². The first-order valence-corrected chi connectivity index (χ1v) is 5.25. The van der Waals surface area contributed by atoms with Crippen LogP contribution >= 0.6 is 0 Å². The van der Waals surface area contributed by atoms with E-state index in [2.05, 4.69) is 10.4 Å². The third kappa shape index (κ3) is 3.23. The quantitative estimate of drug-likeness (QED) is 0.569. The van der Waals surface area contributed by atoms with Gasteiger partial charge in [-0.25, -0.2) is 4.39 Å². The highest BCUT2D eigenvalue weighted by Crippen LogP contribution is 2.25. The second-order valence-electron chi connectivity index (χ2n) is 3.80. The van der Waals surface area contributed by atoms with E-state index < -0.39 is 0 Å². The van der Waals surface area contributed by atoms with E-state index in [0.29, 0.717) is 12.2 Å². The van der Waals surface area contributed by atoms with Crippen LogP contribution in [0, 0.1) is 11.7 Å². The molecular weight excluding hydrogens is 209 g/mol. The van der Waals surface area contributed by atoms with Crippen molar-refractivity contribution >= 4 is 0 Å². The summed E-state index contributed by atoms with van der Waals surface area (Å²) in [6, 6.07) is 1.42. The van der Waals surface area contributed by atoms with Crippen LogP contribution in [-0.4, -0.2) is 18.7 Å². The molecular formula is C11H18FN3O. The van der Waals surface area contributed by atoms with Gasteiger partial charge >= 0.3 is 0 Å². The molecule has 16 heavy (non-hydrogen) atoms. The molecule has 0 saturated heterocycles. The van der Waals surface area contributed by atoms with Gasteiger partial charge in [0.1, 0.15) is 5.82 Å². The second-order valence-corrected chi connectivity index (χ2v) is 3.80. The van der Waals surface area contributed by atoms with Gasteiger partial charge < -0.3 is 4.74 Å². The molecule has 0 aliphatic rings. The Kier molecular flexibility index (Phi) is 5.31. The Balaban J connectivity index is 2.77. The van der Waals surface area contributed by atoms with Crippen molar-refractivity contribution in [3.8, 4) is 0 Å². The minimum absolute atomic E-state index is 0.182. The van der Waals surface area contributed by atoms with Crippen LogP contribution in [0.1, 0.15) is 24.9 Å². The zero-order chi connectivity index (χ0) is 12.0. The van der Waals surface area contributed by atoms with Gasteiger partial charge in [0, 0.05) is 25.5 Å². The number of ether oxygens (including phenoxy) is 1. The molecule has 0 aliphatic carbocycles. The van der Waals surface area contributed by atoms with Crippen LogP contribution < -0.4 is 11.3 Å². The molecule has 3 N–H and O–H groups in total. The fourth-order valence-corrected chi connectivity index (χ4v) is 1.67. The third-order valence-corrected chi connectivity index (χ3v) is 2.66. The van der Waals surface area contributed by atoms with Crippen molar-refractivity contribution in [2.75, 3.05) is 13.7 Å². The van der Waals surface area contributed by atoms with Gasteiger partial charge in [-0.15, -0.1) is 0 Å². The molecule has 5 heteroatoms. The molecule has 1 aromatic rings. The van der Waals surface area contributed by atoms with Gasteiger partial charge in [-0.05, 0) is 18.4 Å². The van der Waals surface area contributed by atoms with E-state index in [-0.39, 0.29) is 17.8 Å². The van der Waals surface area contributed by atoms with Gasteiger partial charge in [0.05, 0.1) is 12.2 Å². The second kappa shape index (κ2) is 6.52. The third-order valence-electron chi connectivity index (χ3n) is 2.66. The molecule has 0 aromatic carbocycles. The molecule has 0 amide bonds. The van der Waals surface area contributed by atoms with E-state index in [4.69, 9.17) is 10.6 Å². The maximum absolute atomic E-state index is 13.5. The Hall–Kier alpha value is -1.04. The first kappa shape index (κ1) is 13.0. The van der Waals surface area contributed by atoms with Crippen LogP contribution in [0.3, 0.4) is 0 Å². The topological polar surface area (TPSA) is 60.2 Å². The molecule has 0 radical (unpaired) electrons. The molecule has 2 unspecified atom stereocenters. The number of hydrogen-bond acceptors (Lipinski definition) is 4. The SMILES string of the molecule is COCCC(C)C(NN)c1ccncc1F. The van der Waals surface area contributed by atoms with Crippen LogP contribution in [0.4, 0.5) is 4.39 Å². The normalized spacial score (nSPS) is 14.8. The molecule has 90 valence electrons. The number of halogens is 1. The van der Waals surface area contributed by atoms with Crippen molar-refractivity contribution in [2.45, 2.75) is 19.4 Å². The number of methoxy groups -OCH3 is 1. The van der Waals surface area contributed by atoms with E-state index in [0.717, 1.165) is 6.42 Å². The van der Waals surface area contributed by atoms with Gasteiger partial charge in [-0.1, -0.05) is 6.92 Å². The number of nitrogens with one attached hydrogen (secondary N) is 1. The Bertz CT molecular complexity index is 322. The van der Waals surface area contributed by atoms with Crippen LogP contribution in [0.25, 0.3) is 0 Å². The summed E-state index contributed by atoms with van der Waals surface area (Å²) < 4.78 is 18.5. The Morgan fingerprint density at radius 2 is 2.38 bits per heavy atom. The summed E-state index contributed by atoms with van der Waals surface area (Å²) in [5.74, 6) is 5.31. The first-order chi connectivity index (χ1) is 7.70. The number of pyridine rings is 1. The van der Waals surface area contributed by atoms with Gasteiger partial charge in [0.15, 0.2) is 0 Å². The highest BCUT2D eigenvalue weighted by Gasteiger charge is 2.20. The summed E-state index contributed by atoms with van der Waals surface area (Å²) in [6.07, 6.45) is 3.57. The lowest BCUT2D eigenvalue weighted by molar-refractivity contribution is 0.169. The zero-order valence-electron chi connectivity index (χ0n) is 9.61. The fourth-order valence-electron chi connectivity index (χ4n) is 1.67. The average molecular weight is 227 g/mol. The standard InChI is InChI=1S/C11H18FN3O/c1-8(4-6-16-2)11(15-13)9-3-5-14-7-10(9)12/h3,5,7-8,11,15H,4,6,13H2,1-2H3. The number of nitrogens with two attached hydrogens (primary N) is 1. The predicted octanol–water partition coefficient (Wildman–Crippen LogP) is 1.40. The summed E-state index contributed by atoms with van der Waals surface area (Å²) in [6.45, 7) is 2.63. The van der Waals surface area contributed by atoms with Crippen molar-refractivity contribution in [2.24, 2.45) is 11.8 Å². The van der Waals surface area contributed by atoms with Crippen molar-refractivity contribution < 1.29 is 9.13 Å². The highest BCUT2D eigenvalue weighted by molar-refractivity contribution is 5.17. The molecule has 0 fully saturated rings. The Morgan fingerprint density at radius 1 is 1.62 bits per heavy atom. The van der Waals surface area contributed by atoms with Gasteiger partial charge in [-0.3, -0.25) is 16.3 Å². The maximum Gasteiger partial charge on any atom is 0.146 e. The van der Waals surface area contributed by atoms with E-state index in [1.807, 2.05) is 6.92 Å². The van der Waals surface area contributed by atoms with E-state index in [9.17, 15) is 4.39 Å². The number of hydrogen-bond donors (Lipinski definition) is 2. The number of aromatic nitrogens is 1. The minimum atomic E-state index is -0.338. The highest BCUT2D eigenvalue weighted by atomic mass is 19.1. The number of hydrazine groups is 1. The summed E-state index contributed by atoms with van der Waals surface area (Å²) in [5, 5.41) is 0. The Morgan fingerprint density at radius 3 is 2.94 bits per heavy atom. The van der Waals surface area contributed by atoms with Crippen molar-refractivity contribution in [1.82, 2.24) is 10.4 Å². The van der Waals surface area contributed by atoms with Crippen LogP contribution in [-0.2, 0) is 4.74 Å². The molecule has 1 rings (SSSR count). The van der Waals surface area contributed by atoms with E-state index in [1.165, 1.54) is 6.20 Å². The lowest BCUT2D eigenvalue weighted by Gasteiger charge is -2.23. The summed E-state index contributed by atoms with van der Waals surface area (Å²) in [7, 11) is 1.64. The average Bonchev–Trinajstić information content (AvgIpc) is 2.30. The Labute approximate surface area is 95.0 Å². The molecule has 0 saturated carbocycles. The van der Waals surface area contributed by atoms with Crippen LogP contribution in [0.5, 0.6) is 0 Å². The molecule has 1 aromatic heterocycles. The lowest BCUT2D eigenvalue weighted by atomic mass is 9.93. The van der Waals surface area contributed by atoms with E-state index >= 15 is 0 Å². The lowest BCUT2D eigenvalue weighted by Crippen LogP contribution is -2.33. The minimum Gasteiger partial charge on any atom is -0.385 e. The smallest absolute Gasteiger partial charge is 0.146 e. The summed E-state index contributed by atoms with van der Waals surface area (Å²) in [4.78, 5) is 3.71. The largest absolute Gasteiger partial charge is 0.385 e. The summed E-state index contributed by atoms with van der Waals surface area (Å²) >= 11 is 0. The van der Waals surface area contributed by atoms with Gasteiger partial charge in [-0.2, -0.15) is 0 Å². The van der Waals surface area contributed by atoms with Crippen molar-refractivity contribution in [3.05, 3.63) is 29.8 Å². The molecule has 2 atom stereocenters. The zero-order valence-corrected chi connectivity index (χ0v) is 9.61.